The lowest BCUT2D eigenvalue weighted by atomic mass is 10.2. The maximum absolute atomic E-state index is 11.6. The van der Waals surface area contributed by atoms with Crippen molar-refractivity contribution in [1.82, 2.24) is 20.9 Å². The average molecular weight is 359 g/mol. The summed E-state index contributed by atoms with van der Waals surface area (Å²) in [4.78, 5) is 19.5. The number of aromatic amines is 1. The van der Waals surface area contributed by atoms with Crippen LogP contribution in [-0.4, -0.2) is 42.3 Å². The highest BCUT2D eigenvalue weighted by Gasteiger charge is 2.15. The van der Waals surface area contributed by atoms with Crippen LogP contribution >= 0.6 is 0 Å². The third-order valence-corrected chi connectivity index (χ3v) is 3.42. The fraction of sp³-hybridized carbons (Fsp3) is 0.474. The van der Waals surface area contributed by atoms with Crippen LogP contribution in [0.15, 0.2) is 35.3 Å². The van der Waals surface area contributed by atoms with E-state index in [1.165, 1.54) is 5.39 Å². The van der Waals surface area contributed by atoms with Gasteiger partial charge in [-0.3, -0.25) is 0 Å². The molecular weight excluding hydrogens is 330 g/mol. The third kappa shape index (κ3) is 6.66. The maximum atomic E-state index is 11.6. The Labute approximate surface area is 154 Å². The zero-order chi connectivity index (χ0) is 19.0. The first-order chi connectivity index (χ1) is 12.4. The number of fused-ring (bicyclic) bond motifs is 1. The molecule has 1 heterocycles. The molecule has 7 nitrogen and oxygen atoms in total. The molecule has 0 bridgehead atoms. The first-order valence-corrected chi connectivity index (χ1v) is 8.93. The molecule has 2 aromatic rings. The van der Waals surface area contributed by atoms with Crippen molar-refractivity contribution in [2.45, 2.75) is 39.8 Å². The topological polar surface area (TPSA) is 90.5 Å². The number of nitrogens with zero attached hydrogens (tertiary/aromatic N) is 1. The zero-order valence-corrected chi connectivity index (χ0v) is 16.0. The predicted octanol–water partition coefficient (Wildman–Crippen LogP) is 2.75. The van der Waals surface area contributed by atoms with E-state index in [1.54, 1.807) is 0 Å². The molecule has 1 amide bonds. The Morgan fingerprint density at radius 2 is 1.88 bits per heavy atom. The summed E-state index contributed by atoms with van der Waals surface area (Å²) in [7, 11) is 0. The van der Waals surface area contributed by atoms with Gasteiger partial charge in [0.05, 0.1) is 6.54 Å². The summed E-state index contributed by atoms with van der Waals surface area (Å²) < 4.78 is 5.20. The Morgan fingerprint density at radius 3 is 2.58 bits per heavy atom. The van der Waals surface area contributed by atoms with Crippen molar-refractivity contribution in [3.8, 4) is 0 Å². The molecule has 0 aliphatic rings. The van der Waals surface area contributed by atoms with Crippen molar-refractivity contribution in [3.63, 3.8) is 0 Å². The van der Waals surface area contributed by atoms with Crippen molar-refractivity contribution in [1.29, 1.82) is 0 Å². The van der Waals surface area contributed by atoms with Gasteiger partial charge in [-0.25, -0.2) is 9.79 Å². The lowest BCUT2D eigenvalue weighted by Gasteiger charge is -2.19. The molecule has 0 radical (unpaired) electrons. The number of carbonyl (C=O) groups excluding carboxylic acids is 1. The van der Waals surface area contributed by atoms with Gasteiger partial charge in [-0.2, -0.15) is 0 Å². The van der Waals surface area contributed by atoms with E-state index >= 15 is 0 Å². The second kappa shape index (κ2) is 9.12. The minimum atomic E-state index is -0.493. The van der Waals surface area contributed by atoms with E-state index in [-0.39, 0.29) is 0 Å². The Morgan fingerprint density at radius 1 is 1.15 bits per heavy atom. The van der Waals surface area contributed by atoms with Crippen LogP contribution in [0.1, 0.15) is 33.4 Å². The van der Waals surface area contributed by atoms with E-state index in [0.717, 1.165) is 17.8 Å². The van der Waals surface area contributed by atoms with Crippen LogP contribution in [0.5, 0.6) is 0 Å². The first kappa shape index (κ1) is 19.6. The highest BCUT2D eigenvalue weighted by Crippen LogP contribution is 2.15. The van der Waals surface area contributed by atoms with Crippen LogP contribution in [0.25, 0.3) is 10.9 Å². The lowest BCUT2D eigenvalue weighted by Crippen LogP contribution is -2.42. The summed E-state index contributed by atoms with van der Waals surface area (Å²) in [6, 6.07) is 10.3. The number of ether oxygens (including phenoxy) is 1. The molecule has 26 heavy (non-hydrogen) atoms. The maximum Gasteiger partial charge on any atom is 0.407 e. The van der Waals surface area contributed by atoms with Crippen molar-refractivity contribution in [3.05, 3.63) is 36.0 Å². The number of alkyl carbamates (subject to hydrolysis) is 1. The molecule has 0 atom stereocenters. The average Bonchev–Trinajstić information content (AvgIpc) is 2.97. The van der Waals surface area contributed by atoms with Crippen LogP contribution in [0.2, 0.25) is 0 Å². The number of hydrogen-bond acceptors (Lipinski definition) is 3. The minimum Gasteiger partial charge on any atom is -0.444 e. The second-order valence-electron chi connectivity index (χ2n) is 6.93. The lowest BCUT2D eigenvalue weighted by molar-refractivity contribution is 0.0529. The molecule has 0 saturated heterocycles. The molecule has 0 unspecified atom stereocenters. The number of H-pyrrole nitrogens is 1. The Bertz CT molecular complexity index is 713. The molecule has 0 saturated carbocycles. The summed E-state index contributed by atoms with van der Waals surface area (Å²) in [5.41, 5.74) is 1.67. The Hall–Kier alpha value is -2.70. The van der Waals surface area contributed by atoms with Gasteiger partial charge in [0, 0.05) is 30.8 Å². The molecule has 1 aromatic carbocycles. The highest BCUT2D eigenvalue weighted by atomic mass is 16.6. The van der Waals surface area contributed by atoms with Crippen LogP contribution in [0, 0.1) is 0 Å². The zero-order valence-electron chi connectivity index (χ0n) is 16.0. The van der Waals surface area contributed by atoms with Gasteiger partial charge in [-0.05, 0) is 45.2 Å². The molecule has 0 spiro atoms. The third-order valence-electron chi connectivity index (χ3n) is 3.42. The summed E-state index contributed by atoms with van der Waals surface area (Å²) in [5.74, 6) is 0.706. The second-order valence-corrected chi connectivity index (χ2v) is 6.93. The number of amides is 1. The number of benzene rings is 1. The minimum absolute atomic E-state index is 0.417. The standard InChI is InChI=1S/C19H29N5O2/c1-5-20-17(21-10-11-22-18(25)26-19(2,3)4)23-13-15-12-14-8-6-7-9-16(14)24-15/h6-9,12,24H,5,10-11,13H2,1-4H3,(H,22,25)(H2,20,21,23). The molecule has 4 N–H and O–H groups in total. The number of nitrogens with one attached hydrogen (secondary N) is 4. The van der Waals surface area contributed by atoms with Crippen molar-refractivity contribution in [2.75, 3.05) is 19.6 Å². The van der Waals surface area contributed by atoms with Gasteiger partial charge in [0.25, 0.3) is 0 Å². The van der Waals surface area contributed by atoms with Gasteiger partial charge >= 0.3 is 6.09 Å². The van der Waals surface area contributed by atoms with Crippen LogP contribution in [0.3, 0.4) is 0 Å². The fourth-order valence-corrected chi connectivity index (χ4v) is 2.38. The SMILES string of the molecule is CCNC(=NCc1cc2ccccc2[nH]1)NCCNC(=O)OC(C)(C)C. The van der Waals surface area contributed by atoms with Gasteiger partial charge < -0.3 is 25.7 Å². The predicted molar refractivity (Wildman–Crippen MR) is 105 cm³/mol. The van der Waals surface area contributed by atoms with Crippen LogP contribution in [-0.2, 0) is 11.3 Å². The molecule has 7 heteroatoms. The first-order valence-electron chi connectivity index (χ1n) is 8.93. The highest BCUT2D eigenvalue weighted by molar-refractivity contribution is 5.81. The Balaban J connectivity index is 1.81. The van der Waals surface area contributed by atoms with Gasteiger partial charge in [-0.15, -0.1) is 0 Å². The molecule has 0 fully saturated rings. The van der Waals surface area contributed by atoms with Gasteiger partial charge in [0.15, 0.2) is 5.96 Å². The van der Waals surface area contributed by atoms with Crippen molar-refractivity contribution < 1.29 is 9.53 Å². The number of hydrogen-bond donors (Lipinski definition) is 4. The normalized spacial score (nSPS) is 12.1. The van der Waals surface area contributed by atoms with Crippen LogP contribution in [0.4, 0.5) is 4.79 Å². The summed E-state index contributed by atoms with van der Waals surface area (Å²) in [5, 5.41) is 10.3. The van der Waals surface area contributed by atoms with Gasteiger partial charge in [-0.1, -0.05) is 18.2 Å². The van der Waals surface area contributed by atoms with E-state index in [1.807, 2.05) is 45.9 Å². The number of guanidine groups is 1. The molecule has 0 aliphatic heterocycles. The van der Waals surface area contributed by atoms with Gasteiger partial charge in [0.1, 0.15) is 5.60 Å². The van der Waals surface area contributed by atoms with E-state index in [0.29, 0.717) is 25.6 Å². The number of aromatic nitrogens is 1. The van der Waals surface area contributed by atoms with Gasteiger partial charge in [0.2, 0.25) is 0 Å². The smallest absolute Gasteiger partial charge is 0.407 e. The molecule has 2 rings (SSSR count). The van der Waals surface area contributed by atoms with E-state index in [4.69, 9.17) is 4.74 Å². The fourth-order valence-electron chi connectivity index (χ4n) is 2.38. The molecule has 142 valence electrons. The largest absolute Gasteiger partial charge is 0.444 e. The number of carbonyl (C=O) groups is 1. The number of para-hydroxylation sites is 1. The Kier molecular flexibility index (Phi) is 6.89. The number of aliphatic imine (C=N–C) groups is 1. The summed E-state index contributed by atoms with van der Waals surface area (Å²) in [6.07, 6.45) is -0.417. The van der Waals surface area contributed by atoms with E-state index < -0.39 is 11.7 Å². The van der Waals surface area contributed by atoms with Crippen LogP contribution < -0.4 is 16.0 Å². The molecule has 0 aliphatic carbocycles. The quantitative estimate of drug-likeness (QED) is 0.363. The van der Waals surface area contributed by atoms with E-state index in [2.05, 4.69) is 38.1 Å². The summed E-state index contributed by atoms with van der Waals surface area (Å²) >= 11 is 0. The number of rotatable bonds is 6. The summed E-state index contributed by atoms with van der Waals surface area (Å²) in [6.45, 7) is 9.84. The van der Waals surface area contributed by atoms with Crippen molar-refractivity contribution in [2.24, 2.45) is 4.99 Å². The molecular formula is C19H29N5O2. The van der Waals surface area contributed by atoms with Crippen molar-refractivity contribution >= 4 is 23.0 Å². The van der Waals surface area contributed by atoms with E-state index in [9.17, 15) is 4.79 Å². The monoisotopic (exact) mass is 359 g/mol. The molecule has 1 aromatic heterocycles.